The van der Waals surface area contributed by atoms with E-state index < -0.39 is 12.1 Å². The van der Waals surface area contributed by atoms with E-state index in [1.165, 1.54) is 17.9 Å². The normalized spacial score (nSPS) is 19.9. The molecule has 1 atom stereocenters. The fourth-order valence-corrected chi connectivity index (χ4v) is 3.42. The van der Waals surface area contributed by atoms with Crippen molar-refractivity contribution in [1.82, 2.24) is 29.2 Å². The molecule has 12 heteroatoms. The fraction of sp³-hybridized carbons (Fsp3) is 0.647. The van der Waals surface area contributed by atoms with Gasteiger partial charge in [-0.1, -0.05) is 0 Å². The van der Waals surface area contributed by atoms with Crippen LogP contribution in [0.5, 0.6) is 0 Å². The van der Waals surface area contributed by atoms with Crippen molar-refractivity contribution < 1.29 is 27.8 Å². The maximum Gasteiger partial charge on any atom is 0.490 e. The summed E-state index contributed by atoms with van der Waals surface area (Å²) < 4.78 is 41.4. The van der Waals surface area contributed by atoms with Crippen molar-refractivity contribution in [3.8, 4) is 0 Å². The molecule has 2 aliphatic heterocycles. The summed E-state index contributed by atoms with van der Waals surface area (Å²) in [6, 6.07) is 0. The zero-order chi connectivity index (χ0) is 20.9. The highest BCUT2D eigenvalue weighted by molar-refractivity contribution is 5.73. The Balaban J connectivity index is 0.000000298. The molecule has 2 aromatic heterocycles. The first-order chi connectivity index (χ1) is 13.8. The van der Waals surface area contributed by atoms with Crippen LogP contribution in [-0.4, -0.2) is 79.3 Å². The van der Waals surface area contributed by atoms with Gasteiger partial charge in [-0.25, -0.2) is 19.4 Å². The van der Waals surface area contributed by atoms with Crippen LogP contribution in [0.15, 0.2) is 18.9 Å². The first kappa shape index (κ1) is 21.2. The highest BCUT2D eigenvalue weighted by atomic mass is 19.4. The van der Waals surface area contributed by atoms with Crippen molar-refractivity contribution in [2.45, 2.75) is 32.1 Å². The van der Waals surface area contributed by atoms with Crippen molar-refractivity contribution in [2.24, 2.45) is 5.92 Å². The summed E-state index contributed by atoms with van der Waals surface area (Å²) in [6.07, 6.45) is 2.45. The summed E-state index contributed by atoms with van der Waals surface area (Å²) in [5, 5.41) is 11.3. The molecule has 0 amide bonds. The van der Waals surface area contributed by atoms with Crippen molar-refractivity contribution >= 4 is 5.97 Å². The Labute approximate surface area is 165 Å². The summed E-state index contributed by atoms with van der Waals surface area (Å²) >= 11 is 0. The van der Waals surface area contributed by atoms with Crippen molar-refractivity contribution in [1.29, 1.82) is 0 Å². The van der Waals surface area contributed by atoms with Crippen LogP contribution in [0.3, 0.4) is 0 Å². The third kappa shape index (κ3) is 6.00. The first-order valence-corrected chi connectivity index (χ1v) is 9.29. The van der Waals surface area contributed by atoms with Crippen LogP contribution in [0.25, 0.3) is 0 Å². The van der Waals surface area contributed by atoms with E-state index in [9.17, 15) is 13.2 Å². The molecule has 9 nitrogen and oxygen atoms in total. The Morgan fingerprint density at radius 2 is 2.10 bits per heavy atom. The Morgan fingerprint density at radius 1 is 1.31 bits per heavy atom. The lowest BCUT2D eigenvalue weighted by atomic mass is 10.1. The topological polar surface area (TPSA) is 98.3 Å². The van der Waals surface area contributed by atoms with Gasteiger partial charge in [0.15, 0.2) is 0 Å². The van der Waals surface area contributed by atoms with Crippen LogP contribution < -0.4 is 0 Å². The summed E-state index contributed by atoms with van der Waals surface area (Å²) in [7, 11) is 0. The van der Waals surface area contributed by atoms with Gasteiger partial charge < -0.3 is 19.3 Å². The molecule has 2 aromatic rings. The number of carbonyl (C=O) groups is 1. The summed E-state index contributed by atoms with van der Waals surface area (Å²) in [6.45, 7) is 6.95. The van der Waals surface area contributed by atoms with Gasteiger partial charge in [-0.15, -0.1) is 0 Å². The Morgan fingerprint density at radius 3 is 2.72 bits per heavy atom. The van der Waals surface area contributed by atoms with Gasteiger partial charge in [0.05, 0.1) is 25.0 Å². The molecule has 0 saturated carbocycles. The lowest BCUT2D eigenvalue weighted by Crippen LogP contribution is -2.32. The number of hydrogen-bond acceptors (Lipinski definition) is 6. The predicted octanol–water partition coefficient (Wildman–Crippen LogP) is 1.05. The highest BCUT2D eigenvalue weighted by Crippen LogP contribution is 2.17. The molecule has 0 radical (unpaired) electrons. The van der Waals surface area contributed by atoms with Crippen molar-refractivity contribution in [2.75, 3.05) is 32.8 Å². The standard InChI is InChI=1S/C15H22N6O.C2HF3O2/c1-3-19(8-13-2-6-22-10-13)4-5-21-14(7-17-15(1)21)9-20-12-16-11-18-20;3-2(4,5)1(6)7/h7,11-13H,1-6,8-10H2;(H,6,7). The number of imidazole rings is 1. The van der Waals surface area contributed by atoms with Gasteiger partial charge in [0.25, 0.3) is 0 Å². The summed E-state index contributed by atoms with van der Waals surface area (Å²) in [4.78, 5) is 20.1. The molecule has 4 rings (SSSR count). The van der Waals surface area contributed by atoms with E-state index in [0.29, 0.717) is 5.92 Å². The zero-order valence-corrected chi connectivity index (χ0v) is 15.8. The van der Waals surface area contributed by atoms with E-state index in [4.69, 9.17) is 14.6 Å². The minimum Gasteiger partial charge on any atom is -0.475 e. The maximum absolute atomic E-state index is 10.6. The average molecular weight is 416 g/mol. The van der Waals surface area contributed by atoms with E-state index in [0.717, 1.165) is 52.4 Å². The molecular formula is C17H23F3N6O3. The second kappa shape index (κ2) is 9.35. The first-order valence-electron chi connectivity index (χ1n) is 9.29. The molecule has 160 valence electrons. The number of fused-ring (bicyclic) bond motifs is 1. The number of nitrogens with zero attached hydrogens (tertiary/aromatic N) is 6. The molecule has 29 heavy (non-hydrogen) atoms. The number of aromatic nitrogens is 5. The molecule has 1 fully saturated rings. The summed E-state index contributed by atoms with van der Waals surface area (Å²) in [5.41, 5.74) is 1.21. The lowest BCUT2D eigenvalue weighted by Gasteiger charge is -2.22. The fourth-order valence-electron chi connectivity index (χ4n) is 3.42. The average Bonchev–Trinajstić information content (AvgIpc) is 3.39. The Bertz CT molecular complexity index is 787. The van der Waals surface area contributed by atoms with Gasteiger partial charge in [-0.3, -0.25) is 0 Å². The van der Waals surface area contributed by atoms with Crippen molar-refractivity contribution in [3.05, 3.63) is 30.4 Å². The molecule has 2 aliphatic rings. The number of aliphatic carboxylic acids is 1. The number of alkyl halides is 3. The van der Waals surface area contributed by atoms with Crippen LogP contribution in [0.1, 0.15) is 17.9 Å². The van der Waals surface area contributed by atoms with E-state index in [2.05, 4.69) is 24.5 Å². The number of hydrogen-bond donors (Lipinski definition) is 1. The largest absolute Gasteiger partial charge is 0.490 e. The molecule has 4 heterocycles. The SMILES string of the molecule is O=C(O)C(F)(F)F.c1ncn(Cc2cnc3n2CCN(CC2CCOC2)CC3)n1. The zero-order valence-electron chi connectivity index (χ0n) is 15.8. The van der Waals surface area contributed by atoms with Crippen LogP contribution >= 0.6 is 0 Å². The monoisotopic (exact) mass is 416 g/mol. The van der Waals surface area contributed by atoms with E-state index >= 15 is 0 Å². The van der Waals surface area contributed by atoms with Gasteiger partial charge in [0, 0.05) is 39.2 Å². The van der Waals surface area contributed by atoms with Crippen LogP contribution in [-0.2, 0) is 29.0 Å². The van der Waals surface area contributed by atoms with Crippen LogP contribution in [0.4, 0.5) is 13.2 Å². The molecular weight excluding hydrogens is 393 g/mol. The smallest absolute Gasteiger partial charge is 0.475 e. The third-order valence-electron chi connectivity index (χ3n) is 4.89. The van der Waals surface area contributed by atoms with Gasteiger partial charge in [0.1, 0.15) is 18.5 Å². The quantitative estimate of drug-likeness (QED) is 0.796. The number of carboxylic acids is 1. The van der Waals surface area contributed by atoms with Gasteiger partial charge in [0.2, 0.25) is 0 Å². The van der Waals surface area contributed by atoms with Crippen LogP contribution in [0, 0.1) is 5.92 Å². The van der Waals surface area contributed by atoms with Crippen molar-refractivity contribution in [3.63, 3.8) is 0 Å². The highest BCUT2D eigenvalue weighted by Gasteiger charge is 2.38. The van der Waals surface area contributed by atoms with Gasteiger partial charge >= 0.3 is 12.1 Å². The Hall–Kier alpha value is -2.47. The van der Waals surface area contributed by atoms with E-state index in [-0.39, 0.29) is 0 Å². The van der Waals surface area contributed by atoms with E-state index in [1.54, 1.807) is 12.7 Å². The maximum atomic E-state index is 10.6. The lowest BCUT2D eigenvalue weighted by molar-refractivity contribution is -0.192. The molecule has 0 spiro atoms. The molecule has 1 N–H and O–H groups in total. The molecule has 0 aromatic carbocycles. The molecule has 1 saturated heterocycles. The molecule has 0 bridgehead atoms. The van der Waals surface area contributed by atoms with Gasteiger partial charge in [-0.2, -0.15) is 18.3 Å². The minimum atomic E-state index is -5.08. The third-order valence-corrected chi connectivity index (χ3v) is 4.89. The summed E-state index contributed by atoms with van der Waals surface area (Å²) in [5.74, 6) is -0.854. The second-order valence-electron chi connectivity index (χ2n) is 6.99. The van der Waals surface area contributed by atoms with E-state index in [1.807, 2.05) is 10.9 Å². The second-order valence-corrected chi connectivity index (χ2v) is 6.99. The minimum absolute atomic E-state index is 0.708. The molecule has 0 aliphatic carbocycles. The van der Waals surface area contributed by atoms with Crippen LogP contribution in [0.2, 0.25) is 0 Å². The number of rotatable bonds is 4. The predicted molar refractivity (Wildman–Crippen MR) is 94.1 cm³/mol. The van der Waals surface area contributed by atoms with Gasteiger partial charge in [-0.05, 0) is 12.3 Å². The Kier molecular flexibility index (Phi) is 6.85. The number of carboxylic acid groups (broad SMARTS) is 1. The number of halogens is 3. The molecule has 1 unspecified atom stereocenters. The number of ether oxygens (including phenoxy) is 1.